The average molecular weight is 557 g/mol. The van der Waals surface area contributed by atoms with E-state index in [4.69, 9.17) is 5.10 Å². The van der Waals surface area contributed by atoms with Crippen LogP contribution in [0, 0.1) is 23.2 Å². The number of H-pyrrole nitrogens is 1. The molecular formula is C30H36N8O3. The van der Waals surface area contributed by atoms with Crippen LogP contribution in [0.5, 0.6) is 0 Å². The Labute approximate surface area is 238 Å². The normalized spacial score (nSPS) is 18.4. The van der Waals surface area contributed by atoms with E-state index in [9.17, 15) is 20.0 Å². The fraction of sp³-hybridized carbons (Fsp3) is 0.467. The summed E-state index contributed by atoms with van der Waals surface area (Å²) in [4.78, 5) is 27.6. The zero-order chi connectivity index (χ0) is 29.5. The van der Waals surface area contributed by atoms with E-state index in [-0.39, 0.29) is 35.2 Å². The number of fused-ring (bicyclic) bond motifs is 1. The molecule has 1 fully saturated rings. The molecule has 3 atom stereocenters. The van der Waals surface area contributed by atoms with Gasteiger partial charge in [-0.3, -0.25) is 9.48 Å². The number of hydrogen-bond acceptors (Lipinski definition) is 7. The quantitative estimate of drug-likeness (QED) is 0.267. The summed E-state index contributed by atoms with van der Waals surface area (Å²) in [7, 11) is 0. The second-order valence-corrected chi connectivity index (χ2v) is 12.2. The number of benzene rings is 1. The number of nitrogens with one attached hydrogen (secondary N) is 2. The van der Waals surface area contributed by atoms with Crippen LogP contribution in [0.2, 0.25) is 0 Å². The van der Waals surface area contributed by atoms with E-state index >= 15 is 0 Å². The van der Waals surface area contributed by atoms with Crippen LogP contribution in [0.3, 0.4) is 0 Å². The molecule has 0 bridgehead atoms. The number of carboxylic acid groups (broad SMARTS) is 1. The zero-order valence-corrected chi connectivity index (χ0v) is 24.0. The molecule has 4 aromatic rings. The van der Waals surface area contributed by atoms with E-state index in [2.05, 4.69) is 40.5 Å². The molecule has 214 valence electrons. The first-order valence-electron chi connectivity index (χ1n) is 14.1. The monoisotopic (exact) mass is 556 g/mol. The molecule has 0 spiro atoms. The maximum atomic E-state index is 12.9. The molecule has 11 nitrogen and oxygen atoms in total. The summed E-state index contributed by atoms with van der Waals surface area (Å²) in [5.74, 6) is -0.712. The third kappa shape index (κ3) is 5.22. The van der Waals surface area contributed by atoms with Gasteiger partial charge in [0.2, 0.25) is 0 Å². The van der Waals surface area contributed by atoms with Crippen molar-refractivity contribution in [2.45, 2.75) is 77.8 Å². The van der Waals surface area contributed by atoms with Crippen molar-refractivity contribution in [1.29, 1.82) is 5.26 Å². The van der Waals surface area contributed by atoms with E-state index in [0.717, 1.165) is 36.9 Å². The van der Waals surface area contributed by atoms with Crippen LogP contribution in [0.25, 0.3) is 10.9 Å². The molecule has 11 heteroatoms. The molecule has 41 heavy (non-hydrogen) atoms. The van der Waals surface area contributed by atoms with Gasteiger partial charge in [0.05, 0.1) is 35.3 Å². The van der Waals surface area contributed by atoms with E-state index in [0.29, 0.717) is 22.4 Å². The Morgan fingerprint density at radius 3 is 2.51 bits per heavy atom. The second kappa shape index (κ2) is 10.8. The fourth-order valence-electron chi connectivity index (χ4n) is 6.03. The van der Waals surface area contributed by atoms with Crippen molar-refractivity contribution in [2.24, 2.45) is 11.8 Å². The van der Waals surface area contributed by atoms with Crippen LogP contribution < -0.4 is 10.9 Å². The lowest BCUT2D eigenvalue weighted by Crippen LogP contribution is -2.27. The lowest BCUT2D eigenvalue weighted by molar-refractivity contribution is 0.0687. The number of carboxylic acids is 1. The largest absolute Gasteiger partial charge is 0.476 e. The molecule has 1 aliphatic rings. The predicted molar refractivity (Wildman–Crippen MR) is 155 cm³/mol. The minimum Gasteiger partial charge on any atom is -0.476 e. The smallest absolute Gasteiger partial charge is 0.358 e. The van der Waals surface area contributed by atoms with Crippen molar-refractivity contribution in [3.8, 4) is 6.07 Å². The summed E-state index contributed by atoms with van der Waals surface area (Å²) in [6.45, 7) is 10.00. The molecule has 0 aliphatic heterocycles. The lowest BCUT2D eigenvalue weighted by atomic mass is 9.85. The summed E-state index contributed by atoms with van der Waals surface area (Å²) in [6.07, 6.45) is 5.32. The van der Waals surface area contributed by atoms with E-state index in [1.54, 1.807) is 10.9 Å². The van der Waals surface area contributed by atoms with Gasteiger partial charge in [0.1, 0.15) is 5.39 Å². The van der Waals surface area contributed by atoms with Crippen molar-refractivity contribution in [1.82, 2.24) is 29.8 Å². The first-order chi connectivity index (χ1) is 19.5. The van der Waals surface area contributed by atoms with Crippen molar-refractivity contribution in [2.75, 3.05) is 5.32 Å². The van der Waals surface area contributed by atoms with Gasteiger partial charge in [0.25, 0.3) is 5.56 Å². The van der Waals surface area contributed by atoms with Gasteiger partial charge in [0.15, 0.2) is 11.5 Å². The van der Waals surface area contributed by atoms with Crippen molar-refractivity contribution < 1.29 is 9.90 Å². The number of aromatic amines is 1. The van der Waals surface area contributed by atoms with Gasteiger partial charge < -0.3 is 15.4 Å². The number of carbonyl (C=O) groups is 1. The van der Waals surface area contributed by atoms with Crippen molar-refractivity contribution in [3.63, 3.8) is 0 Å². The summed E-state index contributed by atoms with van der Waals surface area (Å²) in [5.41, 5.74) is 2.20. The maximum absolute atomic E-state index is 12.9. The number of aromatic nitrogens is 6. The fourth-order valence-corrected chi connectivity index (χ4v) is 6.03. The number of aromatic carboxylic acids is 1. The standard InChI is InChI=1S/C30H36N8O3/c1-17(2)25(38-26(30(3,4)5)24(29(40)41)34-36-38)18-10-12-20(13-11-18)33-27-23-22(14-15-32-28(23)39)37(35-27)21-9-7-6-8-19(21)16-31/h10-15,17,19,21,25H,6-9H2,1-5H3,(H,32,39)(H,33,35)(H,40,41). The average Bonchev–Trinajstić information content (AvgIpc) is 3.53. The number of nitrogens with zero attached hydrogens (tertiary/aromatic N) is 6. The number of rotatable bonds is 7. The third-order valence-corrected chi connectivity index (χ3v) is 7.86. The molecule has 0 amide bonds. The highest BCUT2D eigenvalue weighted by Crippen LogP contribution is 2.37. The molecule has 0 radical (unpaired) electrons. The molecule has 3 heterocycles. The molecule has 5 rings (SSSR count). The predicted octanol–water partition coefficient (Wildman–Crippen LogP) is 5.56. The number of hydrogen-bond donors (Lipinski definition) is 3. The first kappa shape index (κ1) is 28.1. The molecule has 3 aromatic heterocycles. The van der Waals surface area contributed by atoms with Crippen LogP contribution in [-0.4, -0.2) is 40.8 Å². The Morgan fingerprint density at radius 2 is 1.88 bits per heavy atom. The molecule has 1 saturated carbocycles. The van der Waals surface area contributed by atoms with E-state index in [1.807, 2.05) is 55.8 Å². The summed E-state index contributed by atoms with van der Waals surface area (Å²) < 4.78 is 3.59. The Hall–Kier alpha value is -4.46. The molecule has 3 unspecified atom stereocenters. The Morgan fingerprint density at radius 1 is 1.17 bits per heavy atom. The van der Waals surface area contributed by atoms with Crippen LogP contribution in [0.1, 0.15) is 94.1 Å². The highest BCUT2D eigenvalue weighted by atomic mass is 16.4. The minimum atomic E-state index is -1.10. The molecular weight excluding hydrogens is 520 g/mol. The van der Waals surface area contributed by atoms with Crippen LogP contribution in [0.15, 0.2) is 41.3 Å². The first-order valence-corrected chi connectivity index (χ1v) is 14.1. The number of nitriles is 1. The van der Waals surface area contributed by atoms with Gasteiger partial charge in [-0.15, -0.1) is 5.10 Å². The molecule has 1 aromatic carbocycles. The Bertz CT molecular complexity index is 1670. The van der Waals surface area contributed by atoms with Gasteiger partial charge in [-0.2, -0.15) is 10.4 Å². The van der Waals surface area contributed by atoms with Crippen LogP contribution in [0.4, 0.5) is 11.5 Å². The number of anilines is 2. The van der Waals surface area contributed by atoms with E-state index in [1.165, 1.54) is 0 Å². The summed E-state index contributed by atoms with van der Waals surface area (Å²) in [5, 5.41) is 36.4. The van der Waals surface area contributed by atoms with E-state index < -0.39 is 11.4 Å². The van der Waals surface area contributed by atoms with Gasteiger partial charge in [-0.25, -0.2) is 9.48 Å². The zero-order valence-electron chi connectivity index (χ0n) is 24.0. The number of pyridine rings is 1. The van der Waals surface area contributed by atoms with Crippen molar-refractivity contribution >= 4 is 28.4 Å². The topological polar surface area (TPSA) is 155 Å². The van der Waals surface area contributed by atoms with Gasteiger partial charge in [0, 0.05) is 17.3 Å². The highest BCUT2D eigenvalue weighted by Gasteiger charge is 2.34. The second-order valence-electron chi connectivity index (χ2n) is 12.2. The Kier molecular flexibility index (Phi) is 7.43. The summed E-state index contributed by atoms with van der Waals surface area (Å²) >= 11 is 0. The van der Waals surface area contributed by atoms with Gasteiger partial charge in [-0.1, -0.05) is 64.8 Å². The lowest BCUT2D eigenvalue weighted by Gasteiger charge is -2.28. The Balaban J connectivity index is 1.50. The van der Waals surface area contributed by atoms with Crippen LogP contribution >= 0.6 is 0 Å². The molecule has 0 saturated heterocycles. The van der Waals surface area contributed by atoms with Gasteiger partial charge >= 0.3 is 5.97 Å². The van der Waals surface area contributed by atoms with Crippen molar-refractivity contribution in [3.05, 3.63) is 63.8 Å². The molecule has 3 N–H and O–H groups in total. The highest BCUT2D eigenvalue weighted by molar-refractivity contribution is 5.91. The van der Waals surface area contributed by atoms with Crippen LogP contribution in [-0.2, 0) is 5.41 Å². The molecule has 1 aliphatic carbocycles. The summed E-state index contributed by atoms with van der Waals surface area (Å²) in [6, 6.07) is 11.7. The SMILES string of the molecule is CC(C)C(c1ccc(Nc2nn(C3CCCCC3C#N)c3cc[nH]c(=O)c23)cc1)n1nnc(C(=O)O)c1C(C)(C)C. The maximum Gasteiger partial charge on any atom is 0.358 e. The minimum absolute atomic E-state index is 0.0364. The third-order valence-electron chi connectivity index (χ3n) is 7.86. The van der Waals surface area contributed by atoms with Gasteiger partial charge in [-0.05, 0) is 42.5 Å².